The summed E-state index contributed by atoms with van der Waals surface area (Å²) < 4.78 is 9.74. The predicted molar refractivity (Wildman–Crippen MR) is 43.0 cm³/mol. The highest BCUT2D eigenvalue weighted by atomic mass is 16.5. The number of nitrogens with zero attached hydrogens (tertiary/aromatic N) is 1. The van der Waals surface area contributed by atoms with Crippen LogP contribution >= 0.6 is 0 Å². The van der Waals surface area contributed by atoms with E-state index in [-0.39, 0.29) is 12.1 Å². The third-order valence-electron chi connectivity index (χ3n) is 2.07. The number of nitrogens with two attached hydrogens (primary N) is 1. The lowest BCUT2D eigenvalue weighted by atomic mass is 10.1. The third kappa shape index (κ3) is 1.78. The Labute approximate surface area is 74.1 Å². The van der Waals surface area contributed by atoms with Gasteiger partial charge in [0, 0.05) is 6.04 Å². The molecule has 1 aromatic heterocycles. The molecule has 3 N–H and O–H groups in total. The van der Waals surface area contributed by atoms with Crippen molar-refractivity contribution in [3.8, 4) is 0 Å². The Kier molecular flexibility index (Phi) is 2.15. The molecule has 13 heavy (non-hydrogen) atoms. The van der Waals surface area contributed by atoms with Crippen molar-refractivity contribution in [1.29, 1.82) is 0 Å². The van der Waals surface area contributed by atoms with Crippen LogP contribution in [0.3, 0.4) is 0 Å². The minimum Gasteiger partial charge on any atom is -0.369 e. The largest absolute Gasteiger partial charge is 0.438 e. The van der Waals surface area contributed by atoms with Gasteiger partial charge in [0.2, 0.25) is 0 Å². The molecule has 0 aliphatic carbocycles. The summed E-state index contributed by atoms with van der Waals surface area (Å²) in [5.74, 6) is -0.0922. The summed E-state index contributed by atoms with van der Waals surface area (Å²) in [5.41, 5.74) is 5.64. The standard InChI is InChI=1S/C7H11N3O3/c8-4-1-2-5(12-3-4)6-9-7(11)13-10-6/h4-5H,1-3,8H2,(H,9,10,11)/t4-,5+/m1/s1. The van der Waals surface area contributed by atoms with Gasteiger partial charge in [-0.3, -0.25) is 9.51 Å². The SMILES string of the molecule is N[C@@H]1CC[C@@H](c2noc(=O)[nH]2)OC1. The zero-order chi connectivity index (χ0) is 9.26. The van der Waals surface area contributed by atoms with Gasteiger partial charge in [0.05, 0.1) is 6.61 Å². The fourth-order valence-corrected chi connectivity index (χ4v) is 1.37. The fraction of sp³-hybridized carbons (Fsp3) is 0.714. The summed E-state index contributed by atoms with van der Waals surface area (Å²) in [6, 6.07) is 0.0925. The van der Waals surface area contributed by atoms with Crippen LogP contribution in [0.1, 0.15) is 24.8 Å². The van der Waals surface area contributed by atoms with Gasteiger partial charge in [-0.2, -0.15) is 0 Å². The Morgan fingerprint density at radius 3 is 2.92 bits per heavy atom. The molecule has 72 valence electrons. The van der Waals surface area contributed by atoms with Crippen molar-refractivity contribution in [2.75, 3.05) is 6.61 Å². The Hall–Kier alpha value is -1.14. The first kappa shape index (κ1) is 8.46. The molecule has 2 rings (SSSR count). The molecule has 0 amide bonds. The quantitative estimate of drug-likeness (QED) is 0.617. The van der Waals surface area contributed by atoms with Crippen LogP contribution in [-0.4, -0.2) is 22.8 Å². The molecule has 2 atom stereocenters. The molecule has 1 aliphatic heterocycles. The third-order valence-corrected chi connectivity index (χ3v) is 2.07. The van der Waals surface area contributed by atoms with Gasteiger partial charge >= 0.3 is 5.76 Å². The van der Waals surface area contributed by atoms with Gasteiger partial charge in [0.1, 0.15) is 6.10 Å². The van der Waals surface area contributed by atoms with Crippen LogP contribution < -0.4 is 11.5 Å². The van der Waals surface area contributed by atoms with E-state index in [0.717, 1.165) is 12.8 Å². The number of H-pyrrole nitrogens is 1. The van der Waals surface area contributed by atoms with E-state index in [1.54, 1.807) is 0 Å². The molecule has 0 bridgehead atoms. The maximum atomic E-state index is 10.6. The maximum absolute atomic E-state index is 10.6. The summed E-state index contributed by atoms with van der Waals surface area (Å²) in [4.78, 5) is 13.1. The van der Waals surface area contributed by atoms with Gasteiger partial charge in [0.15, 0.2) is 5.82 Å². The Balaban J connectivity index is 2.06. The average molecular weight is 185 g/mol. The van der Waals surface area contributed by atoms with Crippen molar-refractivity contribution in [3.63, 3.8) is 0 Å². The van der Waals surface area contributed by atoms with E-state index in [2.05, 4.69) is 14.7 Å². The van der Waals surface area contributed by atoms with Crippen molar-refractivity contribution in [2.45, 2.75) is 25.0 Å². The van der Waals surface area contributed by atoms with Crippen LogP contribution in [-0.2, 0) is 4.74 Å². The molecular formula is C7H11N3O3. The van der Waals surface area contributed by atoms with E-state index < -0.39 is 5.76 Å². The van der Waals surface area contributed by atoms with Crippen LogP contribution in [0.4, 0.5) is 0 Å². The molecule has 0 unspecified atom stereocenters. The summed E-state index contributed by atoms with van der Waals surface area (Å²) in [5, 5.41) is 3.56. The van der Waals surface area contributed by atoms with E-state index in [1.165, 1.54) is 0 Å². The first-order valence-corrected chi connectivity index (χ1v) is 4.19. The average Bonchev–Trinajstić information content (AvgIpc) is 2.53. The molecule has 6 heteroatoms. The van der Waals surface area contributed by atoms with E-state index >= 15 is 0 Å². The van der Waals surface area contributed by atoms with Gasteiger partial charge in [-0.15, -0.1) is 0 Å². The fourth-order valence-electron chi connectivity index (χ4n) is 1.37. The number of nitrogens with one attached hydrogen (secondary N) is 1. The zero-order valence-corrected chi connectivity index (χ0v) is 7.03. The van der Waals surface area contributed by atoms with E-state index in [0.29, 0.717) is 12.4 Å². The zero-order valence-electron chi connectivity index (χ0n) is 7.03. The monoisotopic (exact) mass is 185 g/mol. The molecule has 1 aliphatic rings. The van der Waals surface area contributed by atoms with Crippen LogP contribution in [0.2, 0.25) is 0 Å². The molecule has 2 heterocycles. The normalized spacial score (nSPS) is 29.0. The summed E-state index contributed by atoms with van der Waals surface area (Å²) in [7, 11) is 0. The second-order valence-electron chi connectivity index (χ2n) is 3.14. The van der Waals surface area contributed by atoms with Crippen LogP contribution in [0, 0.1) is 0 Å². The van der Waals surface area contributed by atoms with Gasteiger partial charge < -0.3 is 10.5 Å². The molecule has 1 saturated heterocycles. The van der Waals surface area contributed by atoms with Gasteiger partial charge in [-0.25, -0.2) is 4.79 Å². The Morgan fingerprint density at radius 1 is 1.54 bits per heavy atom. The number of ether oxygens (including phenoxy) is 1. The van der Waals surface area contributed by atoms with Gasteiger partial charge in [-0.05, 0) is 12.8 Å². The minimum absolute atomic E-state index is 0.0925. The lowest BCUT2D eigenvalue weighted by Crippen LogP contribution is -2.32. The summed E-state index contributed by atoms with van der Waals surface area (Å²) >= 11 is 0. The van der Waals surface area contributed by atoms with Crippen LogP contribution in [0.15, 0.2) is 9.32 Å². The van der Waals surface area contributed by atoms with E-state index in [9.17, 15) is 4.79 Å². The van der Waals surface area contributed by atoms with Crippen molar-refractivity contribution in [3.05, 3.63) is 16.4 Å². The van der Waals surface area contributed by atoms with Crippen LogP contribution in [0.25, 0.3) is 0 Å². The van der Waals surface area contributed by atoms with Gasteiger partial charge in [-0.1, -0.05) is 5.16 Å². The van der Waals surface area contributed by atoms with Crippen molar-refractivity contribution >= 4 is 0 Å². The number of aromatic nitrogens is 2. The number of aromatic amines is 1. The molecule has 0 spiro atoms. The smallest absolute Gasteiger partial charge is 0.369 e. The number of rotatable bonds is 1. The van der Waals surface area contributed by atoms with Crippen LogP contribution in [0.5, 0.6) is 0 Å². The molecule has 1 fully saturated rings. The lowest BCUT2D eigenvalue weighted by Gasteiger charge is -2.24. The predicted octanol–water partition coefficient (Wildman–Crippen LogP) is -0.458. The molecule has 0 radical (unpaired) electrons. The second-order valence-corrected chi connectivity index (χ2v) is 3.14. The summed E-state index contributed by atoms with van der Waals surface area (Å²) in [6.45, 7) is 0.500. The number of hydrogen-bond acceptors (Lipinski definition) is 5. The topological polar surface area (TPSA) is 94.1 Å². The molecule has 0 aromatic carbocycles. The first-order valence-electron chi connectivity index (χ1n) is 4.19. The minimum atomic E-state index is -0.548. The molecule has 0 saturated carbocycles. The highest BCUT2D eigenvalue weighted by Gasteiger charge is 2.23. The summed E-state index contributed by atoms with van der Waals surface area (Å²) in [6.07, 6.45) is 1.47. The maximum Gasteiger partial charge on any atom is 0.438 e. The van der Waals surface area contributed by atoms with E-state index in [4.69, 9.17) is 10.5 Å². The Morgan fingerprint density at radius 2 is 2.38 bits per heavy atom. The molecular weight excluding hydrogens is 174 g/mol. The second kappa shape index (κ2) is 3.31. The number of hydrogen-bond donors (Lipinski definition) is 2. The highest BCUT2D eigenvalue weighted by molar-refractivity contribution is 4.89. The van der Waals surface area contributed by atoms with Gasteiger partial charge in [0.25, 0.3) is 0 Å². The van der Waals surface area contributed by atoms with Crippen molar-refractivity contribution < 1.29 is 9.26 Å². The highest BCUT2D eigenvalue weighted by Crippen LogP contribution is 2.23. The first-order chi connectivity index (χ1) is 6.25. The van der Waals surface area contributed by atoms with Crippen molar-refractivity contribution in [2.24, 2.45) is 5.73 Å². The van der Waals surface area contributed by atoms with E-state index in [1.807, 2.05) is 0 Å². The molecule has 1 aromatic rings. The molecule has 6 nitrogen and oxygen atoms in total. The Bertz CT molecular complexity index is 324. The van der Waals surface area contributed by atoms with Crippen molar-refractivity contribution in [1.82, 2.24) is 10.1 Å². The lowest BCUT2D eigenvalue weighted by molar-refractivity contribution is -0.00220.